The van der Waals surface area contributed by atoms with Crippen molar-refractivity contribution in [2.24, 2.45) is 0 Å². The number of unbranched alkanes of at least 4 members (excludes halogenated alkanes) is 1. The first-order valence-corrected chi connectivity index (χ1v) is 6.54. The summed E-state index contributed by atoms with van der Waals surface area (Å²) in [5, 5.41) is 21.5. The average Bonchev–Trinajstić information content (AvgIpc) is 2.69. The molecular formula is C7H15N5O3S. The Hall–Kier alpha value is -1.06. The largest absolute Gasteiger partial charge is 0.396 e. The average molecular weight is 249 g/mol. The minimum atomic E-state index is -3.36. The van der Waals surface area contributed by atoms with E-state index >= 15 is 0 Å². The molecule has 1 heterocycles. The number of aromatic nitrogens is 4. The van der Waals surface area contributed by atoms with Crippen molar-refractivity contribution in [3.8, 4) is 0 Å². The highest BCUT2D eigenvalue weighted by Crippen LogP contribution is 2.06. The van der Waals surface area contributed by atoms with E-state index in [2.05, 4.69) is 25.3 Å². The van der Waals surface area contributed by atoms with Crippen LogP contribution in [0.25, 0.3) is 0 Å². The molecule has 0 fully saturated rings. The lowest BCUT2D eigenvalue weighted by Gasteiger charge is -2.10. The van der Waals surface area contributed by atoms with Crippen molar-refractivity contribution in [2.75, 3.05) is 12.4 Å². The van der Waals surface area contributed by atoms with E-state index in [-0.39, 0.29) is 12.4 Å². The predicted molar refractivity (Wildman–Crippen MR) is 55.8 cm³/mol. The highest BCUT2D eigenvalue weighted by atomic mass is 32.2. The van der Waals surface area contributed by atoms with E-state index < -0.39 is 16.1 Å². The van der Waals surface area contributed by atoms with E-state index in [1.807, 2.05) is 0 Å². The number of aliphatic hydroxyl groups excluding tert-OH is 1. The maximum atomic E-state index is 11.5. The number of nitrogens with one attached hydrogen (secondary N) is 2. The fourth-order valence-corrected chi connectivity index (χ4v) is 2.48. The van der Waals surface area contributed by atoms with Crippen LogP contribution in [0.4, 0.5) is 0 Å². The second-order valence-electron chi connectivity index (χ2n) is 3.36. The molecule has 3 N–H and O–H groups in total. The van der Waals surface area contributed by atoms with Gasteiger partial charge in [0.2, 0.25) is 10.0 Å². The Morgan fingerprint density at radius 3 is 2.81 bits per heavy atom. The van der Waals surface area contributed by atoms with E-state index in [0.29, 0.717) is 18.7 Å². The zero-order valence-electron chi connectivity index (χ0n) is 8.92. The smallest absolute Gasteiger partial charge is 0.212 e. The fourth-order valence-electron chi connectivity index (χ4n) is 1.14. The third-order valence-corrected chi connectivity index (χ3v) is 3.47. The Balaban J connectivity index is 2.46. The third-order valence-electron chi connectivity index (χ3n) is 1.93. The van der Waals surface area contributed by atoms with E-state index in [1.54, 1.807) is 6.92 Å². The number of aliphatic hydroxyl groups is 1. The molecule has 1 atom stereocenters. The number of sulfonamides is 1. The van der Waals surface area contributed by atoms with Gasteiger partial charge in [0.15, 0.2) is 5.82 Å². The molecule has 0 amide bonds. The molecule has 1 aromatic heterocycles. The summed E-state index contributed by atoms with van der Waals surface area (Å²) in [5.41, 5.74) is 0. The zero-order valence-corrected chi connectivity index (χ0v) is 9.74. The van der Waals surface area contributed by atoms with Gasteiger partial charge in [-0.05, 0) is 19.8 Å². The van der Waals surface area contributed by atoms with E-state index in [9.17, 15) is 8.42 Å². The molecule has 0 aliphatic rings. The van der Waals surface area contributed by atoms with Crippen LogP contribution in [0.5, 0.6) is 0 Å². The number of hydrogen-bond donors (Lipinski definition) is 3. The Morgan fingerprint density at radius 2 is 2.25 bits per heavy atom. The molecule has 0 aliphatic carbocycles. The van der Waals surface area contributed by atoms with Crippen molar-refractivity contribution in [3.05, 3.63) is 5.82 Å². The van der Waals surface area contributed by atoms with E-state index in [4.69, 9.17) is 5.11 Å². The molecule has 0 bridgehead atoms. The molecule has 16 heavy (non-hydrogen) atoms. The molecule has 0 saturated carbocycles. The molecule has 92 valence electrons. The van der Waals surface area contributed by atoms with Crippen molar-refractivity contribution in [2.45, 2.75) is 25.8 Å². The first-order valence-electron chi connectivity index (χ1n) is 4.89. The number of aromatic amines is 1. The second kappa shape index (κ2) is 5.87. The second-order valence-corrected chi connectivity index (χ2v) is 5.23. The summed E-state index contributed by atoms with van der Waals surface area (Å²) in [6.45, 7) is 1.63. The SMILES string of the molecule is CC(NS(=O)(=O)CCCCO)c1nn[nH]n1. The molecular weight excluding hydrogens is 234 g/mol. The molecule has 0 aromatic carbocycles. The summed E-state index contributed by atoms with van der Waals surface area (Å²) >= 11 is 0. The number of tetrazole rings is 1. The number of rotatable bonds is 7. The maximum absolute atomic E-state index is 11.5. The molecule has 8 nitrogen and oxygen atoms in total. The van der Waals surface area contributed by atoms with Gasteiger partial charge < -0.3 is 5.11 Å². The lowest BCUT2D eigenvalue weighted by atomic mass is 10.4. The van der Waals surface area contributed by atoms with Crippen molar-refractivity contribution >= 4 is 10.0 Å². The summed E-state index contributed by atoms with van der Waals surface area (Å²) in [7, 11) is -3.36. The molecule has 0 spiro atoms. The fraction of sp³-hybridized carbons (Fsp3) is 0.857. The van der Waals surface area contributed by atoms with Crippen molar-refractivity contribution in [3.63, 3.8) is 0 Å². The molecule has 1 unspecified atom stereocenters. The van der Waals surface area contributed by atoms with Gasteiger partial charge in [-0.2, -0.15) is 5.21 Å². The normalized spacial score (nSPS) is 13.9. The first-order chi connectivity index (χ1) is 7.55. The quantitative estimate of drug-likeness (QED) is 0.530. The highest BCUT2D eigenvalue weighted by Gasteiger charge is 2.18. The maximum Gasteiger partial charge on any atom is 0.212 e. The summed E-state index contributed by atoms with van der Waals surface area (Å²) in [6.07, 6.45) is 0.891. The van der Waals surface area contributed by atoms with Gasteiger partial charge >= 0.3 is 0 Å². The van der Waals surface area contributed by atoms with Crippen LogP contribution < -0.4 is 4.72 Å². The topological polar surface area (TPSA) is 121 Å². The summed E-state index contributed by atoms with van der Waals surface area (Å²) in [5.74, 6) is 0.279. The lowest BCUT2D eigenvalue weighted by molar-refractivity contribution is 0.287. The minimum Gasteiger partial charge on any atom is -0.396 e. The van der Waals surface area contributed by atoms with Crippen LogP contribution in [0.15, 0.2) is 0 Å². The number of nitrogens with zero attached hydrogens (tertiary/aromatic N) is 3. The van der Waals surface area contributed by atoms with Crippen LogP contribution >= 0.6 is 0 Å². The lowest BCUT2D eigenvalue weighted by Crippen LogP contribution is -2.29. The monoisotopic (exact) mass is 249 g/mol. The van der Waals surface area contributed by atoms with Gasteiger partial charge in [-0.3, -0.25) is 0 Å². The van der Waals surface area contributed by atoms with Crippen LogP contribution in [0.1, 0.15) is 31.6 Å². The Labute approximate surface area is 93.5 Å². The molecule has 0 saturated heterocycles. The van der Waals surface area contributed by atoms with Crippen LogP contribution in [-0.4, -0.2) is 46.5 Å². The highest BCUT2D eigenvalue weighted by molar-refractivity contribution is 7.89. The summed E-state index contributed by atoms with van der Waals surface area (Å²) in [6, 6.07) is -0.516. The summed E-state index contributed by atoms with van der Waals surface area (Å²) < 4.78 is 25.5. The van der Waals surface area contributed by atoms with Gasteiger partial charge in [-0.1, -0.05) is 5.21 Å². The van der Waals surface area contributed by atoms with Gasteiger partial charge in [0.05, 0.1) is 11.8 Å². The Morgan fingerprint density at radius 1 is 1.50 bits per heavy atom. The minimum absolute atomic E-state index is 0.00405. The molecule has 1 rings (SSSR count). The summed E-state index contributed by atoms with van der Waals surface area (Å²) in [4.78, 5) is 0. The number of H-pyrrole nitrogens is 1. The van der Waals surface area contributed by atoms with Crippen molar-refractivity contribution < 1.29 is 13.5 Å². The molecule has 0 aliphatic heterocycles. The molecule has 0 radical (unpaired) electrons. The van der Waals surface area contributed by atoms with E-state index in [1.165, 1.54) is 0 Å². The zero-order chi connectivity index (χ0) is 12.0. The Bertz CT molecular complexity index is 390. The van der Waals surface area contributed by atoms with E-state index in [0.717, 1.165) is 0 Å². The Kier molecular flexibility index (Phi) is 4.77. The number of hydrogen-bond acceptors (Lipinski definition) is 6. The van der Waals surface area contributed by atoms with Crippen LogP contribution in [-0.2, 0) is 10.0 Å². The van der Waals surface area contributed by atoms with Crippen LogP contribution in [0.3, 0.4) is 0 Å². The van der Waals surface area contributed by atoms with Gasteiger partial charge in [0.25, 0.3) is 0 Å². The van der Waals surface area contributed by atoms with Crippen molar-refractivity contribution in [1.82, 2.24) is 25.3 Å². The predicted octanol–water partition coefficient (Wildman–Crippen LogP) is -1.05. The molecule has 9 heteroatoms. The standard InChI is InChI=1S/C7H15N5O3S/c1-6(7-8-11-12-9-7)10-16(14,15)5-3-2-4-13/h6,10,13H,2-5H2,1H3,(H,8,9,11,12). The first kappa shape index (κ1) is 13.0. The van der Waals surface area contributed by atoms with Crippen LogP contribution in [0, 0.1) is 0 Å². The van der Waals surface area contributed by atoms with Gasteiger partial charge in [0.1, 0.15) is 0 Å². The van der Waals surface area contributed by atoms with Gasteiger partial charge in [0, 0.05) is 6.61 Å². The van der Waals surface area contributed by atoms with Gasteiger partial charge in [-0.25, -0.2) is 13.1 Å². The van der Waals surface area contributed by atoms with Gasteiger partial charge in [-0.15, -0.1) is 10.2 Å². The molecule has 1 aromatic rings. The van der Waals surface area contributed by atoms with Crippen molar-refractivity contribution in [1.29, 1.82) is 0 Å². The van der Waals surface area contributed by atoms with Crippen LogP contribution in [0.2, 0.25) is 0 Å². The third kappa shape index (κ3) is 4.21.